The van der Waals surface area contributed by atoms with Gasteiger partial charge in [-0.3, -0.25) is 0 Å². The van der Waals surface area contributed by atoms with Crippen molar-refractivity contribution in [3.8, 4) is 12.1 Å². The Labute approximate surface area is 244 Å². The monoisotopic (exact) mass is 540 g/mol. The highest BCUT2D eigenvalue weighted by atomic mass is 15.0. The van der Waals surface area contributed by atoms with Crippen molar-refractivity contribution in [1.82, 2.24) is 9.13 Å². The van der Waals surface area contributed by atoms with Crippen molar-refractivity contribution in [2.75, 3.05) is 0 Å². The van der Waals surface area contributed by atoms with Crippen LogP contribution in [-0.2, 0) is 6.42 Å². The molecule has 3 aromatic carbocycles. The normalized spacial score (nSPS) is 18.2. The molecular weight excluding hydrogens is 512 g/mol. The van der Waals surface area contributed by atoms with E-state index >= 15 is 0 Å². The Bertz CT molecular complexity index is 2190. The minimum absolute atomic E-state index is 0.0463. The number of allylic oxidation sites excluding steroid dienone is 9. The maximum absolute atomic E-state index is 9.59. The summed E-state index contributed by atoms with van der Waals surface area (Å²) in [6.07, 6.45) is 18.1. The number of hydrogen-bond donors (Lipinski definition) is 0. The molecule has 0 fully saturated rings. The first-order chi connectivity index (χ1) is 20.7. The van der Waals surface area contributed by atoms with Crippen LogP contribution in [0.1, 0.15) is 42.5 Å². The van der Waals surface area contributed by atoms with Gasteiger partial charge in [0.1, 0.15) is 0 Å². The first kappa shape index (κ1) is 24.5. The number of para-hydroxylation sites is 2. The Hall–Kier alpha value is -5.32. The second-order valence-corrected chi connectivity index (χ2v) is 11.3. The molecule has 0 bridgehead atoms. The number of aromatic nitrogens is 2. The molecule has 200 valence electrons. The third-order valence-electron chi connectivity index (χ3n) is 9.05. The van der Waals surface area contributed by atoms with Gasteiger partial charge in [-0.2, -0.15) is 10.5 Å². The molecule has 1 atom stereocenters. The molecule has 8 rings (SSSR count). The number of nitriles is 2. The van der Waals surface area contributed by atoms with Gasteiger partial charge in [-0.1, -0.05) is 54.6 Å². The summed E-state index contributed by atoms with van der Waals surface area (Å²) in [6.45, 7) is 0. The van der Waals surface area contributed by atoms with Crippen LogP contribution in [0.3, 0.4) is 0 Å². The van der Waals surface area contributed by atoms with Crippen LogP contribution in [0.5, 0.6) is 0 Å². The van der Waals surface area contributed by atoms with Crippen LogP contribution >= 0.6 is 0 Å². The fourth-order valence-corrected chi connectivity index (χ4v) is 7.12. The van der Waals surface area contributed by atoms with Crippen LogP contribution in [0.15, 0.2) is 108 Å². The lowest BCUT2D eigenvalue weighted by Crippen LogP contribution is -2.11. The average Bonchev–Trinajstić information content (AvgIpc) is 3.57. The number of rotatable bonds is 3. The number of benzene rings is 3. The fraction of sp³-hybridized carbons (Fsp3) is 0.158. The highest BCUT2D eigenvalue weighted by Crippen LogP contribution is 2.43. The summed E-state index contributed by atoms with van der Waals surface area (Å²) < 4.78 is 4.82. The van der Waals surface area contributed by atoms with Crippen molar-refractivity contribution >= 4 is 50.2 Å². The molecule has 1 unspecified atom stereocenters. The van der Waals surface area contributed by atoms with Gasteiger partial charge in [-0.15, -0.1) is 0 Å². The highest BCUT2D eigenvalue weighted by Gasteiger charge is 2.26. The maximum atomic E-state index is 9.59. The lowest BCUT2D eigenvalue weighted by Gasteiger charge is -2.25. The number of nitrogens with zero attached hydrogens (tertiary/aromatic N) is 4. The quantitative estimate of drug-likeness (QED) is 0.229. The summed E-state index contributed by atoms with van der Waals surface area (Å²) in [5.74, 6) is -0.0463. The molecule has 4 nitrogen and oxygen atoms in total. The van der Waals surface area contributed by atoms with E-state index in [2.05, 4.69) is 106 Å². The summed E-state index contributed by atoms with van der Waals surface area (Å²) in [5.41, 5.74) is 12.1. The summed E-state index contributed by atoms with van der Waals surface area (Å²) >= 11 is 0. The van der Waals surface area contributed by atoms with Crippen molar-refractivity contribution in [2.24, 2.45) is 5.92 Å². The third-order valence-corrected chi connectivity index (χ3v) is 9.05. The molecule has 42 heavy (non-hydrogen) atoms. The molecule has 3 aliphatic rings. The van der Waals surface area contributed by atoms with E-state index in [-0.39, 0.29) is 5.92 Å². The van der Waals surface area contributed by atoms with Gasteiger partial charge in [0.25, 0.3) is 0 Å². The van der Waals surface area contributed by atoms with E-state index in [1.807, 2.05) is 18.2 Å². The predicted octanol–water partition coefficient (Wildman–Crippen LogP) is 9.15. The van der Waals surface area contributed by atoms with Crippen molar-refractivity contribution in [1.29, 1.82) is 10.5 Å². The topological polar surface area (TPSA) is 57.4 Å². The third kappa shape index (κ3) is 3.66. The summed E-state index contributed by atoms with van der Waals surface area (Å²) in [6, 6.07) is 28.0. The first-order valence-corrected chi connectivity index (χ1v) is 14.7. The van der Waals surface area contributed by atoms with Crippen LogP contribution in [-0.4, -0.2) is 9.13 Å². The molecule has 2 heterocycles. The molecule has 3 aliphatic carbocycles. The molecular formula is C38H28N4. The number of hydrogen-bond acceptors (Lipinski definition) is 2. The minimum Gasteiger partial charge on any atom is -0.313 e. The van der Waals surface area contributed by atoms with Crippen LogP contribution in [0.2, 0.25) is 0 Å². The van der Waals surface area contributed by atoms with E-state index in [0.29, 0.717) is 5.56 Å². The first-order valence-electron chi connectivity index (χ1n) is 14.7. The molecule has 0 saturated heterocycles. The molecule has 0 radical (unpaired) electrons. The molecule has 0 saturated carbocycles. The Morgan fingerprint density at radius 3 is 2.33 bits per heavy atom. The summed E-state index contributed by atoms with van der Waals surface area (Å²) in [5, 5.41) is 22.5. The Kier molecular flexibility index (Phi) is 5.62. The van der Waals surface area contributed by atoms with E-state index in [1.54, 1.807) is 0 Å². The lowest BCUT2D eigenvalue weighted by atomic mass is 9.86. The minimum atomic E-state index is -0.0463. The highest BCUT2D eigenvalue weighted by molar-refractivity contribution is 6.11. The van der Waals surface area contributed by atoms with Crippen LogP contribution in [0.4, 0.5) is 0 Å². The van der Waals surface area contributed by atoms with Gasteiger partial charge in [0.05, 0.1) is 40.2 Å². The van der Waals surface area contributed by atoms with Crippen LogP contribution in [0, 0.1) is 28.6 Å². The van der Waals surface area contributed by atoms with Crippen molar-refractivity contribution in [3.63, 3.8) is 0 Å². The summed E-state index contributed by atoms with van der Waals surface area (Å²) in [4.78, 5) is 0. The zero-order valence-electron chi connectivity index (χ0n) is 23.2. The van der Waals surface area contributed by atoms with Gasteiger partial charge < -0.3 is 9.13 Å². The van der Waals surface area contributed by atoms with E-state index in [4.69, 9.17) is 0 Å². The second-order valence-electron chi connectivity index (χ2n) is 11.3. The second kappa shape index (κ2) is 9.65. The zero-order chi connectivity index (χ0) is 28.2. The maximum Gasteiger partial charge on any atom is 0.0991 e. The molecule has 4 heteroatoms. The van der Waals surface area contributed by atoms with E-state index in [9.17, 15) is 10.5 Å². The largest absolute Gasteiger partial charge is 0.313 e. The van der Waals surface area contributed by atoms with Gasteiger partial charge in [0, 0.05) is 38.8 Å². The molecule has 0 aliphatic heterocycles. The van der Waals surface area contributed by atoms with Crippen LogP contribution < -0.4 is 0 Å². The zero-order valence-corrected chi connectivity index (χ0v) is 23.2. The Morgan fingerprint density at radius 2 is 1.55 bits per heavy atom. The SMILES string of the molecule is N#Cc1ccc2c(c1)c1ccccc1n2C1=C(C2=Cc3c(n(C4=CCC(C#N)C=C4)c4ccccc34)CC2)CCC=C1. The molecule has 0 N–H and O–H groups in total. The van der Waals surface area contributed by atoms with Crippen LogP contribution in [0.25, 0.3) is 50.2 Å². The molecule has 5 aromatic rings. The van der Waals surface area contributed by atoms with Gasteiger partial charge in [0.2, 0.25) is 0 Å². The smallest absolute Gasteiger partial charge is 0.0991 e. The van der Waals surface area contributed by atoms with E-state index in [0.717, 1.165) is 43.0 Å². The lowest BCUT2D eigenvalue weighted by molar-refractivity contribution is 0.816. The summed E-state index contributed by atoms with van der Waals surface area (Å²) in [7, 11) is 0. The Balaban J connectivity index is 1.33. The van der Waals surface area contributed by atoms with Gasteiger partial charge in [0.15, 0.2) is 0 Å². The Morgan fingerprint density at radius 1 is 0.762 bits per heavy atom. The van der Waals surface area contributed by atoms with Gasteiger partial charge >= 0.3 is 0 Å². The van der Waals surface area contributed by atoms with E-state index < -0.39 is 0 Å². The average molecular weight is 541 g/mol. The number of fused-ring (bicyclic) bond motifs is 6. The standard InChI is InChI=1S/C38H28N4/c39-23-25-13-17-28(18-14-25)41-35-11-5-2-9-31(35)33-22-27(16-20-37(33)41)29-7-1-4-10-34(29)42-36-12-6-3-8-30(36)32-21-26(24-40)15-19-38(32)42/h2-6,8-13,15,17-19,21-22,25H,1,7,14,16,20H2. The fourth-order valence-electron chi connectivity index (χ4n) is 7.12. The predicted molar refractivity (Wildman–Crippen MR) is 171 cm³/mol. The van der Waals surface area contributed by atoms with Gasteiger partial charge in [-0.25, -0.2) is 0 Å². The van der Waals surface area contributed by atoms with Gasteiger partial charge in [-0.05, 0) is 91.8 Å². The van der Waals surface area contributed by atoms with Crippen molar-refractivity contribution in [3.05, 3.63) is 125 Å². The van der Waals surface area contributed by atoms with Crippen molar-refractivity contribution < 1.29 is 0 Å². The van der Waals surface area contributed by atoms with Crippen molar-refractivity contribution in [2.45, 2.75) is 32.1 Å². The van der Waals surface area contributed by atoms with E-state index in [1.165, 1.54) is 55.6 Å². The molecule has 0 amide bonds. The molecule has 2 aromatic heterocycles. The molecule has 0 spiro atoms.